The number of anilines is 2. The van der Waals surface area contributed by atoms with Gasteiger partial charge in [-0.2, -0.15) is 26.3 Å². The van der Waals surface area contributed by atoms with Crippen LogP contribution in [0.25, 0.3) is 22.2 Å². The molecule has 210 valence electrons. The number of benzene rings is 1. The van der Waals surface area contributed by atoms with E-state index in [4.69, 9.17) is 0 Å². The molecule has 0 atom stereocenters. The van der Waals surface area contributed by atoms with Gasteiger partial charge in [0.15, 0.2) is 0 Å². The van der Waals surface area contributed by atoms with E-state index in [9.17, 15) is 26.3 Å². The zero-order chi connectivity index (χ0) is 28.3. The minimum Gasteiger partial charge on any atom is -0.338 e. The number of aromatic nitrogens is 4. The van der Waals surface area contributed by atoms with Crippen molar-refractivity contribution in [2.75, 3.05) is 11.9 Å². The summed E-state index contributed by atoms with van der Waals surface area (Å²) in [6.45, 7) is 1.10. The van der Waals surface area contributed by atoms with Crippen molar-refractivity contribution in [3.63, 3.8) is 0 Å². The van der Waals surface area contributed by atoms with Gasteiger partial charge >= 0.3 is 12.4 Å². The number of alkyl halides is 6. The third kappa shape index (κ3) is 6.49. The molecule has 0 spiro atoms. The van der Waals surface area contributed by atoms with E-state index in [-0.39, 0.29) is 16.9 Å². The van der Waals surface area contributed by atoms with Crippen molar-refractivity contribution >= 4 is 22.4 Å². The molecule has 0 bridgehead atoms. The molecule has 1 aliphatic rings. The van der Waals surface area contributed by atoms with Gasteiger partial charge in [0, 0.05) is 17.1 Å². The van der Waals surface area contributed by atoms with Crippen molar-refractivity contribution in [2.24, 2.45) is 5.92 Å². The van der Waals surface area contributed by atoms with Crippen LogP contribution in [0, 0.1) is 5.92 Å². The molecule has 0 saturated heterocycles. The first kappa shape index (κ1) is 27.8. The standard InChI is InChI=1S/C28H26F6N6/c29-27(30,31)21-7-4-12-36-25(21)18-8-10-20-22(13-18)39-24(16-35-14-17-5-2-1-3-6-17)40-26(20)38-19-9-11-23(37-15-19)28(32,33)34/h4,7-13,15,17,35H,1-3,5-6,14,16H2,(H,38,39,40). The average molecular weight is 561 g/mol. The van der Waals surface area contributed by atoms with E-state index in [0.29, 0.717) is 35.0 Å². The molecule has 1 saturated carbocycles. The molecule has 1 aromatic carbocycles. The number of hydrogen-bond acceptors (Lipinski definition) is 6. The van der Waals surface area contributed by atoms with Crippen molar-refractivity contribution in [1.29, 1.82) is 0 Å². The molecule has 12 heteroatoms. The predicted molar refractivity (Wildman–Crippen MR) is 139 cm³/mol. The molecule has 0 unspecified atom stereocenters. The monoisotopic (exact) mass is 560 g/mol. The summed E-state index contributed by atoms with van der Waals surface area (Å²) in [6, 6.07) is 8.86. The Labute approximate surface area is 226 Å². The topological polar surface area (TPSA) is 75.6 Å². The smallest absolute Gasteiger partial charge is 0.338 e. The van der Waals surface area contributed by atoms with Crippen molar-refractivity contribution in [1.82, 2.24) is 25.3 Å². The summed E-state index contributed by atoms with van der Waals surface area (Å²) in [5.41, 5.74) is -1.27. The molecular weight excluding hydrogens is 534 g/mol. The molecule has 1 fully saturated rings. The number of halogens is 6. The fourth-order valence-electron chi connectivity index (χ4n) is 4.92. The van der Waals surface area contributed by atoms with Crippen LogP contribution in [-0.2, 0) is 18.9 Å². The number of rotatable bonds is 7. The van der Waals surface area contributed by atoms with E-state index in [0.717, 1.165) is 37.7 Å². The molecule has 5 rings (SSSR count). The number of fused-ring (bicyclic) bond motifs is 1. The Morgan fingerprint density at radius 1 is 0.850 bits per heavy atom. The van der Waals surface area contributed by atoms with Crippen molar-refractivity contribution < 1.29 is 26.3 Å². The molecule has 40 heavy (non-hydrogen) atoms. The van der Waals surface area contributed by atoms with E-state index in [2.05, 4.69) is 30.6 Å². The molecule has 0 aliphatic heterocycles. The summed E-state index contributed by atoms with van der Waals surface area (Å²) >= 11 is 0. The highest BCUT2D eigenvalue weighted by Gasteiger charge is 2.34. The molecule has 3 heterocycles. The van der Waals surface area contributed by atoms with E-state index < -0.39 is 23.6 Å². The first-order valence-electron chi connectivity index (χ1n) is 12.9. The highest BCUT2D eigenvalue weighted by molar-refractivity contribution is 5.93. The minimum atomic E-state index is -4.60. The highest BCUT2D eigenvalue weighted by Crippen LogP contribution is 2.37. The van der Waals surface area contributed by atoms with Gasteiger partial charge < -0.3 is 10.6 Å². The Morgan fingerprint density at radius 2 is 1.65 bits per heavy atom. The Morgan fingerprint density at radius 3 is 2.35 bits per heavy atom. The minimum absolute atomic E-state index is 0.224. The summed E-state index contributed by atoms with van der Waals surface area (Å²) in [7, 11) is 0. The highest BCUT2D eigenvalue weighted by atomic mass is 19.4. The maximum Gasteiger partial charge on any atom is 0.433 e. The second-order valence-corrected chi connectivity index (χ2v) is 9.81. The van der Waals surface area contributed by atoms with Crippen LogP contribution < -0.4 is 10.6 Å². The zero-order valence-corrected chi connectivity index (χ0v) is 21.3. The fourth-order valence-corrected chi connectivity index (χ4v) is 4.92. The predicted octanol–water partition coefficient (Wildman–Crippen LogP) is 7.54. The SMILES string of the molecule is FC(F)(F)c1ccc(Nc2nc(CNCC3CCCCC3)nc3cc(-c4ncccc4C(F)(F)F)ccc23)cn1. The average Bonchev–Trinajstić information content (AvgIpc) is 2.93. The quantitative estimate of drug-likeness (QED) is 0.228. The normalized spacial score (nSPS) is 14.9. The van der Waals surface area contributed by atoms with Crippen molar-refractivity contribution in [3.8, 4) is 11.3 Å². The fraction of sp³-hybridized carbons (Fsp3) is 0.357. The lowest BCUT2D eigenvalue weighted by molar-refractivity contribution is -0.141. The Kier molecular flexibility index (Phi) is 7.88. The summed E-state index contributed by atoms with van der Waals surface area (Å²) in [6.07, 6.45) is -0.894. The Balaban J connectivity index is 1.49. The third-order valence-electron chi connectivity index (χ3n) is 6.89. The third-order valence-corrected chi connectivity index (χ3v) is 6.89. The first-order valence-corrected chi connectivity index (χ1v) is 12.9. The summed E-state index contributed by atoms with van der Waals surface area (Å²) < 4.78 is 79.8. The second-order valence-electron chi connectivity index (χ2n) is 9.81. The van der Waals surface area contributed by atoms with Gasteiger partial charge in [-0.05, 0) is 61.7 Å². The molecule has 4 aromatic rings. The first-order chi connectivity index (χ1) is 19.1. The number of nitrogens with zero attached hydrogens (tertiary/aromatic N) is 4. The van der Waals surface area contributed by atoms with Gasteiger partial charge in [-0.15, -0.1) is 0 Å². The van der Waals surface area contributed by atoms with Crippen LogP contribution >= 0.6 is 0 Å². The Bertz CT molecular complexity index is 1460. The summed E-state index contributed by atoms with van der Waals surface area (Å²) in [4.78, 5) is 16.6. The molecule has 1 aliphatic carbocycles. The molecule has 3 aromatic heterocycles. The van der Waals surface area contributed by atoms with E-state index in [1.165, 1.54) is 49.7 Å². The number of nitrogens with one attached hydrogen (secondary N) is 2. The van der Waals surface area contributed by atoms with Crippen LogP contribution in [0.1, 0.15) is 49.2 Å². The van der Waals surface area contributed by atoms with Gasteiger partial charge in [0.1, 0.15) is 17.3 Å². The van der Waals surface area contributed by atoms with Gasteiger partial charge in [-0.1, -0.05) is 25.3 Å². The second kappa shape index (κ2) is 11.4. The van der Waals surface area contributed by atoms with E-state index in [1.54, 1.807) is 6.07 Å². The molecule has 0 radical (unpaired) electrons. The van der Waals surface area contributed by atoms with Gasteiger partial charge in [0.25, 0.3) is 0 Å². The van der Waals surface area contributed by atoms with Gasteiger partial charge in [-0.25, -0.2) is 15.0 Å². The summed E-state index contributed by atoms with van der Waals surface area (Å²) in [5.74, 6) is 1.24. The van der Waals surface area contributed by atoms with Crippen molar-refractivity contribution in [3.05, 3.63) is 71.9 Å². The lowest BCUT2D eigenvalue weighted by Gasteiger charge is -2.21. The zero-order valence-electron chi connectivity index (χ0n) is 21.3. The summed E-state index contributed by atoms with van der Waals surface area (Å²) in [5, 5.41) is 6.85. The van der Waals surface area contributed by atoms with Gasteiger partial charge in [0.05, 0.1) is 35.2 Å². The van der Waals surface area contributed by atoms with Crippen LogP contribution in [0.5, 0.6) is 0 Å². The van der Waals surface area contributed by atoms with Crippen LogP contribution in [0.4, 0.5) is 37.8 Å². The molecule has 2 N–H and O–H groups in total. The van der Waals surface area contributed by atoms with E-state index in [1.807, 2.05) is 0 Å². The van der Waals surface area contributed by atoms with Crippen molar-refractivity contribution in [2.45, 2.75) is 51.0 Å². The lowest BCUT2D eigenvalue weighted by atomic mass is 9.89. The molecule has 6 nitrogen and oxygen atoms in total. The van der Waals surface area contributed by atoms with Crippen LogP contribution in [0.15, 0.2) is 54.9 Å². The van der Waals surface area contributed by atoms with Crippen LogP contribution in [0.3, 0.4) is 0 Å². The van der Waals surface area contributed by atoms with E-state index >= 15 is 0 Å². The largest absolute Gasteiger partial charge is 0.433 e. The van der Waals surface area contributed by atoms with Crippen LogP contribution in [0.2, 0.25) is 0 Å². The van der Waals surface area contributed by atoms with Gasteiger partial charge in [-0.3, -0.25) is 4.98 Å². The molecule has 0 amide bonds. The maximum atomic E-state index is 13.7. The van der Waals surface area contributed by atoms with Crippen LogP contribution in [-0.4, -0.2) is 26.5 Å². The lowest BCUT2D eigenvalue weighted by Crippen LogP contribution is -2.25. The number of hydrogen-bond donors (Lipinski definition) is 2. The Hall–Kier alpha value is -3.80. The maximum absolute atomic E-state index is 13.7. The molecular formula is C28H26F6N6. The number of pyridine rings is 2. The van der Waals surface area contributed by atoms with Gasteiger partial charge in [0.2, 0.25) is 0 Å².